The molecule has 0 amide bonds. The summed E-state index contributed by atoms with van der Waals surface area (Å²) < 4.78 is 0.889. The highest BCUT2D eigenvalue weighted by molar-refractivity contribution is 9.10. The first-order valence-electron chi connectivity index (χ1n) is 3.78. The van der Waals surface area contributed by atoms with Gasteiger partial charge in [0.2, 0.25) is 0 Å². The smallest absolute Gasteiger partial charge is 0.106 e. The molecule has 0 saturated heterocycles. The van der Waals surface area contributed by atoms with E-state index >= 15 is 0 Å². The first-order chi connectivity index (χ1) is 5.75. The Hall–Kier alpha value is -0.890. The van der Waals surface area contributed by atoms with Crippen molar-refractivity contribution >= 4 is 26.8 Å². The first kappa shape index (κ1) is 7.74. The molecule has 0 spiro atoms. The molecule has 60 valence electrons. The number of aromatic nitrogens is 1. The van der Waals surface area contributed by atoms with Crippen LogP contribution in [0.4, 0.5) is 0 Å². The highest BCUT2D eigenvalue weighted by atomic mass is 79.9. The van der Waals surface area contributed by atoms with Crippen LogP contribution in [0.25, 0.3) is 10.9 Å². The van der Waals surface area contributed by atoms with E-state index in [1.807, 2.05) is 6.07 Å². The number of hydrogen-bond acceptors (Lipinski definition) is 1. The number of pyridine rings is 1. The number of hydrogen-bond donors (Lipinski definition) is 0. The Morgan fingerprint density at radius 2 is 1.92 bits per heavy atom. The zero-order valence-electron chi connectivity index (χ0n) is 6.71. The number of rotatable bonds is 0. The lowest BCUT2D eigenvalue weighted by atomic mass is 10.1. The SMILES string of the molecule is Cc1ccc2ccc(Br)nc2c1. The Bertz CT molecular complexity index is 386. The summed E-state index contributed by atoms with van der Waals surface area (Å²) in [6.07, 6.45) is 0. The molecule has 2 rings (SSSR count). The molecule has 0 aliphatic rings. The summed E-state index contributed by atoms with van der Waals surface area (Å²) in [6, 6.07) is 10.3. The quantitative estimate of drug-likeness (QED) is 0.623. The van der Waals surface area contributed by atoms with E-state index in [0.29, 0.717) is 0 Å². The van der Waals surface area contributed by atoms with Gasteiger partial charge in [-0.1, -0.05) is 18.2 Å². The molecule has 0 atom stereocenters. The maximum Gasteiger partial charge on any atom is 0.106 e. The largest absolute Gasteiger partial charge is 0.241 e. The van der Waals surface area contributed by atoms with Crippen molar-refractivity contribution < 1.29 is 0 Å². The number of benzene rings is 1. The van der Waals surface area contributed by atoms with Gasteiger partial charge in [-0.15, -0.1) is 0 Å². The molecule has 0 aliphatic heterocycles. The lowest BCUT2D eigenvalue weighted by Crippen LogP contribution is -1.80. The van der Waals surface area contributed by atoms with E-state index in [-0.39, 0.29) is 0 Å². The van der Waals surface area contributed by atoms with E-state index in [1.165, 1.54) is 10.9 Å². The minimum atomic E-state index is 0.889. The summed E-state index contributed by atoms with van der Waals surface area (Å²) in [6.45, 7) is 2.07. The molecule has 0 saturated carbocycles. The predicted molar refractivity (Wildman–Crippen MR) is 54.2 cm³/mol. The van der Waals surface area contributed by atoms with Crippen molar-refractivity contribution in [3.05, 3.63) is 40.5 Å². The molecular weight excluding hydrogens is 214 g/mol. The van der Waals surface area contributed by atoms with Crippen LogP contribution < -0.4 is 0 Å². The van der Waals surface area contributed by atoms with Gasteiger partial charge in [0, 0.05) is 5.39 Å². The van der Waals surface area contributed by atoms with Gasteiger partial charge in [-0.2, -0.15) is 0 Å². The second kappa shape index (κ2) is 2.87. The first-order valence-corrected chi connectivity index (χ1v) is 4.58. The topological polar surface area (TPSA) is 12.9 Å². The van der Waals surface area contributed by atoms with Crippen molar-refractivity contribution in [2.75, 3.05) is 0 Å². The van der Waals surface area contributed by atoms with Crippen LogP contribution in [0.1, 0.15) is 5.56 Å². The Kier molecular flexibility index (Phi) is 1.85. The monoisotopic (exact) mass is 221 g/mol. The summed E-state index contributed by atoms with van der Waals surface area (Å²) in [7, 11) is 0. The maximum atomic E-state index is 4.35. The molecular formula is C10H8BrN. The zero-order valence-corrected chi connectivity index (χ0v) is 8.30. The molecule has 0 radical (unpaired) electrons. The summed E-state index contributed by atoms with van der Waals surface area (Å²) in [4.78, 5) is 4.35. The second-order valence-electron chi connectivity index (χ2n) is 2.83. The van der Waals surface area contributed by atoms with Crippen molar-refractivity contribution in [2.45, 2.75) is 6.92 Å². The van der Waals surface area contributed by atoms with Crippen molar-refractivity contribution in [1.29, 1.82) is 0 Å². The molecule has 1 nitrogen and oxygen atoms in total. The van der Waals surface area contributed by atoms with Gasteiger partial charge in [0.25, 0.3) is 0 Å². The van der Waals surface area contributed by atoms with E-state index in [4.69, 9.17) is 0 Å². The molecule has 1 aromatic heterocycles. The third-order valence-electron chi connectivity index (χ3n) is 1.81. The Morgan fingerprint density at radius 1 is 1.17 bits per heavy atom. The predicted octanol–water partition coefficient (Wildman–Crippen LogP) is 3.31. The van der Waals surface area contributed by atoms with Crippen LogP contribution >= 0.6 is 15.9 Å². The van der Waals surface area contributed by atoms with Crippen molar-refractivity contribution in [1.82, 2.24) is 4.98 Å². The third-order valence-corrected chi connectivity index (χ3v) is 2.26. The lowest BCUT2D eigenvalue weighted by Gasteiger charge is -1.98. The van der Waals surface area contributed by atoms with Gasteiger partial charge in [0.05, 0.1) is 5.52 Å². The van der Waals surface area contributed by atoms with Crippen molar-refractivity contribution in [3.8, 4) is 0 Å². The molecule has 0 N–H and O–H groups in total. The maximum absolute atomic E-state index is 4.35. The third kappa shape index (κ3) is 1.34. The van der Waals surface area contributed by atoms with E-state index in [9.17, 15) is 0 Å². The summed E-state index contributed by atoms with van der Waals surface area (Å²) >= 11 is 3.35. The van der Waals surface area contributed by atoms with Gasteiger partial charge in [0.1, 0.15) is 4.60 Å². The average Bonchev–Trinajstić information content (AvgIpc) is 2.03. The number of halogens is 1. The molecule has 2 heteroatoms. The van der Waals surface area contributed by atoms with Crippen LogP contribution in [0.3, 0.4) is 0 Å². The summed E-state index contributed by atoms with van der Waals surface area (Å²) in [5.74, 6) is 0. The molecule has 12 heavy (non-hydrogen) atoms. The second-order valence-corrected chi connectivity index (χ2v) is 3.64. The van der Waals surface area contributed by atoms with E-state index in [1.54, 1.807) is 0 Å². The number of fused-ring (bicyclic) bond motifs is 1. The number of nitrogens with zero attached hydrogens (tertiary/aromatic N) is 1. The minimum Gasteiger partial charge on any atom is -0.241 e. The van der Waals surface area contributed by atoms with E-state index in [2.05, 4.69) is 52.1 Å². The average molecular weight is 222 g/mol. The van der Waals surface area contributed by atoms with Gasteiger partial charge in [-0.3, -0.25) is 0 Å². The van der Waals surface area contributed by atoms with Gasteiger partial charge in [-0.25, -0.2) is 4.98 Å². The normalized spacial score (nSPS) is 10.5. The Balaban J connectivity index is 2.80. The molecule has 2 aromatic rings. The molecule has 0 fully saturated rings. The molecule has 0 aliphatic carbocycles. The fourth-order valence-electron chi connectivity index (χ4n) is 1.20. The van der Waals surface area contributed by atoms with Gasteiger partial charge >= 0.3 is 0 Å². The summed E-state index contributed by atoms with van der Waals surface area (Å²) in [5, 5.41) is 1.18. The summed E-state index contributed by atoms with van der Waals surface area (Å²) in [5.41, 5.74) is 2.29. The van der Waals surface area contributed by atoms with Crippen LogP contribution in [0.2, 0.25) is 0 Å². The Labute approximate surface area is 79.6 Å². The Morgan fingerprint density at radius 3 is 2.75 bits per heavy atom. The number of aryl methyl sites for hydroxylation is 1. The van der Waals surface area contributed by atoms with Crippen molar-refractivity contribution in [2.24, 2.45) is 0 Å². The standard InChI is InChI=1S/C10H8BrN/c1-7-2-3-8-4-5-10(11)12-9(8)6-7/h2-6H,1H3. The minimum absolute atomic E-state index is 0.889. The molecule has 1 heterocycles. The van der Waals surface area contributed by atoms with E-state index in [0.717, 1.165) is 10.1 Å². The van der Waals surface area contributed by atoms with Gasteiger partial charge in [0.15, 0.2) is 0 Å². The van der Waals surface area contributed by atoms with Gasteiger partial charge < -0.3 is 0 Å². The van der Waals surface area contributed by atoms with Crippen LogP contribution in [0.5, 0.6) is 0 Å². The van der Waals surface area contributed by atoms with Crippen molar-refractivity contribution in [3.63, 3.8) is 0 Å². The molecule has 1 aromatic carbocycles. The van der Waals surface area contributed by atoms with Crippen LogP contribution in [0, 0.1) is 6.92 Å². The zero-order chi connectivity index (χ0) is 8.55. The fraction of sp³-hybridized carbons (Fsp3) is 0.100. The van der Waals surface area contributed by atoms with Crippen LogP contribution in [0.15, 0.2) is 34.9 Å². The van der Waals surface area contributed by atoms with Crippen LogP contribution in [-0.2, 0) is 0 Å². The molecule has 0 unspecified atom stereocenters. The lowest BCUT2D eigenvalue weighted by molar-refractivity contribution is 1.34. The highest BCUT2D eigenvalue weighted by Crippen LogP contribution is 2.16. The van der Waals surface area contributed by atoms with Gasteiger partial charge in [-0.05, 0) is 40.5 Å². The molecule has 0 bridgehead atoms. The van der Waals surface area contributed by atoms with E-state index < -0.39 is 0 Å². The fourth-order valence-corrected chi connectivity index (χ4v) is 1.53. The van der Waals surface area contributed by atoms with Crippen LogP contribution in [-0.4, -0.2) is 4.98 Å². The highest BCUT2D eigenvalue weighted by Gasteiger charge is 1.94.